The molecule has 0 saturated carbocycles. The molecule has 1 aromatic heterocycles. The van der Waals surface area contributed by atoms with Crippen LogP contribution in [0.15, 0.2) is 54.9 Å². The highest BCUT2D eigenvalue weighted by atomic mass is 16.5. The van der Waals surface area contributed by atoms with Crippen LogP contribution in [0, 0.1) is 6.92 Å². The fourth-order valence-corrected chi connectivity index (χ4v) is 2.79. The van der Waals surface area contributed by atoms with Crippen molar-refractivity contribution < 1.29 is 9.53 Å². The van der Waals surface area contributed by atoms with Gasteiger partial charge < -0.3 is 20.3 Å². The van der Waals surface area contributed by atoms with Crippen LogP contribution in [-0.4, -0.2) is 37.2 Å². The predicted molar refractivity (Wildman–Crippen MR) is 112 cm³/mol. The second kappa shape index (κ2) is 8.39. The van der Waals surface area contributed by atoms with Gasteiger partial charge in [0.1, 0.15) is 11.4 Å². The molecule has 2 aromatic carbocycles. The zero-order valence-corrected chi connectivity index (χ0v) is 16.4. The largest absolute Gasteiger partial charge is 0.497 e. The molecular weight excluding hydrogens is 354 g/mol. The number of rotatable bonds is 5. The van der Waals surface area contributed by atoms with E-state index >= 15 is 0 Å². The summed E-state index contributed by atoms with van der Waals surface area (Å²) in [5.74, 6) is 1.51. The number of amides is 2. The van der Waals surface area contributed by atoms with E-state index in [-0.39, 0.29) is 6.03 Å². The van der Waals surface area contributed by atoms with Gasteiger partial charge in [-0.1, -0.05) is 12.1 Å². The average molecular weight is 377 g/mol. The summed E-state index contributed by atoms with van der Waals surface area (Å²) in [6.07, 6.45) is 3.31. The van der Waals surface area contributed by atoms with E-state index in [0.717, 1.165) is 34.1 Å². The third-order valence-electron chi connectivity index (χ3n) is 4.18. The first-order valence-electron chi connectivity index (χ1n) is 8.79. The Morgan fingerprint density at radius 2 is 1.82 bits per heavy atom. The summed E-state index contributed by atoms with van der Waals surface area (Å²) in [6.45, 7) is 1.91. The summed E-state index contributed by atoms with van der Waals surface area (Å²) in [5.41, 5.74) is 3.92. The van der Waals surface area contributed by atoms with Crippen molar-refractivity contribution in [2.75, 3.05) is 36.7 Å². The normalized spacial score (nSPS) is 10.3. The van der Waals surface area contributed by atoms with E-state index in [0.29, 0.717) is 5.69 Å². The summed E-state index contributed by atoms with van der Waals surface area (Å²) in [4.78, 5) is 23.1. The van der Waals surface area contributed by atoms with E-state index in [1.165, 1.54) is 0 Å². The molecule has 0 aliphatic heterocycles. The average Bonchev–Trinajstić information content (AvgIpc) is 2.69. The molecule has 0 aliphatic carbocycles. The highest BCUT2D eigenvalue weighted by Crippen LogP contribution is 2.27. The van der Waals surface area contributed by atoms with E-state index in [2.05, 4.69) is 20.6 Å². The van der Waals surface area contributed by atoms with Crippen molar-refractivity contribution in [1.82, 2.24) is 9.97 Å². The van der Waals surface area contributed by atoms with Gasteiger partial charge in [0, 0.05) is 43.4 Å². The highest BCUT2D eigenvalue weighted by Gasteiger charge is 2.11. The predicted octanol–water partition coefficient (Wildman–Crippen LogP) is 4.17. The van der Waals surface area contributed by atoms with E-state index < -0.39 is 0 Å². The Labute approximate surface area is 164 Å². The Morgan fingerprint density at radius 1 is 1.04 bits per heavy atom. The molecule has 0 radical (unpaired) electrons. The molecule has 0 bridgehead atoms. The van der Waals surface area contributed by atoms with Crippen LogP contribution >= 0.6 is 0 Å². The van der Waals surface area contributed by atoms with Gasteiger partial charge in [-0.15, -0.1) is 0 Å². The van der Waals surface area contributed by atoms with Gasteiger partial charge in [-0.05, 0) is 42.8 Å². The maximum absolute atomic E-state index is 12.4. The van der Waals surface area contributed by atoms with Gasteiger partial charge in [-0.25, -0.2) is 9.78 Å². The number of hydrogen-bond donors (Lipinski definition) is 2. The number of nitrogens with zero attached hydrogens (tertiary/aromatic N) is 3. The molecule has 3 rings (SSSR count). The monoisotopic (exact) mass is 377 g/mol. The molecule has 1 heterocycles. The van der Waals surface area contributed by atoms with Crippen LogP contribution in [0.25, 0.3) is 11.3 Å². The highest BCUT2D eigenvalue weighted by molar-refractivity contribution is 6.00. The molecular formula is C21H23N5O2. The van der Waals surface area contributed by atoms with E-state index in [9.17, 15) is 4.79 Å². The molecule has 28 heavy (non-hydrogen) atoms. The van der Waals surface area contributed by atoms with Crippen LogP contribution in [0.3, 0.4) is 0 Å². The van der Waals surface area contributed by atoms with Crippen LogP contribution in [0.1, 0.15) is 5.56 Å². The minimum atomic E-state index is -0.322. The summed E-state index contributed by atoms with van der Waals surface area (Å²) < 4.78 is 5.19. The van der Waals surface area contributed by atoms with Crippen molar-refractivity contribution in [2.45, 2.75) is 6.92 Å². The van der Waals surface area contributed by atoms with Crippen LogP contribution in [0.2, 0.25) is 0 Å². The molecule has 7 nitrogen and oxygen atoms in total. The number of urea groups is 1. The van der Waals surface area contributed by atoms with Crippen LogP contribution in [-0.2, 0) is 0 Å². The minimum Gasteiger partial charge on any atom is -0.497 e. The number of hydrogen-bond acceptors (Lipinski definition) is 5. The molecule has 144 valence electrons. The second-order valence-corrected chi connectivity index (χ2v) is 6.46. The number of methoxy groups -OCH3 is 1. The third-order valence-corrected chi connectivity index (χ3v) is 4.18. The number of aromatic nitrogens is 2. The van der Waals surface area contributed by atoms with Crippen LogP contribution in [0.5, 0.6) is 5.75 Å². The van der Waals surface area contributed by atoms with Crippen LogP contribution < -0.4 is 20.3 Å². The Bertz CT molecular complexity index is 988. The van der Waals surface area contributed by atoms with Gasteiger partial charge in [0.15, 0.2) is 5.82 Å². The number of carbonyl (C=O) groups excluding carboxylic acids is 1. The quantitative estimate of drug-likeness (QED) is 0.698. The first-order valence-corrected chi connectivity index (χ1v) is 8.79. The Balaban J connectivity index is 1.77. The first kappa shape index (κ1) is 19.2. The smallest absolute Gasteiger partial charge is 0.323 e. The number of benzene rings is 2. The Hall–Kier alpha value is -3.61. The maximum atomic E-state index is 12.4. The van der Waals surface area contributed by atoms with E-state index in [1.54, 1.807) is 25.6 Å². The number of nitrogens with one attached hydrogen (secondary N) is 2. The van der Waals surface area contributed by atoms with Crippen molar-refractivity contribution in [3.8, 4) is 17.0 Å². The first-order chi connectivity index (χ1) is 13.5. The van der Waals surface area contributed by atoms with Crippen molar-refractivity contribution >= 4 is 23.2 Å². The van der Waals surface area contributed by atoms with Gasteiger partial charge in [-0.3, -0.25) is 4.98 Å². The third kappa shape index (κ3) is 4.37. The van der Waals surface area contributed by atoms with Crippen LogP contribution in [0.4, 0.5) is 22.0 Å². The van der Waals surface area contributed by atoms with Gasteiger partial charge in [0.2, 0.25) is 0 Å². The molecule has 2 amide bonds. The molecule has 2 N–H and O–H groups in total. The molecule has 0 spiro atoms. The molecule has 3 aromatic rings. The standard InChI is InChI=1S/C21H23N5O2/c1-14-12-17(28-4)8-9-18(14)25-21(27)24-16-7-5-6-15(13-16)19-20(26(2)3)23-11-10-22-19/h5-13H,1-4H3,(H2,24,25,27). The zero-order chi connectivity index (χ0) is 20.1. The molecule has 7 heteroatoms. The fraction of sp³-hybridized carbons (Fsp3) is 0.190. The lowest BCUT2D eigenvalue weighted by molar-refractivity contribution is 0.262. The molecule has 0 fully saturated rings. The SMILES string of the molecule is COc1ccc(NC(=O)Nc2cccc(-c3nccnc3N(C)C)c2)c(C)c1. The van der Waals surface area contributed by atoms with Gasteiger partial charge in [0.05, 0.1) is 7.11 Å². The summed E-state index contributed by atoms with van der Waals surface area (Å²) in [6, 6.07) is 12.7. The summed E-state index contributed by atoms with van der Waals surface area (Å²) in [7, 11) is 5.45. The molecule has 0 atom stereocenters. The lowest BCUT2D eigenvalue weighted by atomic mass is 10.1. The van der Waals surface area contributed by atoms with Gasteiger partial charge in [-0.2, -0.15) is 0 Å². The van der Waals surface area contributed by atoms with Gasteiger partial charge >= 0.3 is 6.03 Å². The topological polar surface area (TPSA) is 79.4 Å². The fourth-order valence-electron chi connectivity index (χ4n) is 2.79. The van der Waals surface area contributed by atoms with E-state index in [1.807, 2.05) is 62.3 Å². The molecule has 0 unspecified atom stereocenters. The summed E-state index contributed by atoms with van der Waals surface area (Å²) in [5, 5.41) is 5.72. The second-order valence-electron chi connectivity index (χ2n) is 6.46. The minimum absolute atomic E-state index is 0.322. The number of carbonyl (C=O) groups is 1. The van der Waals surface area contributed by atoms with Crippen molar-refractivity contribution in [2.24, 2.45) is 0 Å². The number of aryl methyl sites for hydroxylation is 1. The lowest BCUT2D eigenvalue weighted by Gasteiger charge is -2.15. The van der Waals surface area contributed by atoms with Crippen molar-refractivity contribution in [3.05, 3.63) is 60.4 Å². The molecule has 0 saturated heterocycles. The van der Waals surface area contributed by atoms with Crippen molar-refractivity contribution in [3.63, 3.8) is 0 Å². The van der Waals surface area contributed by atoms with Gasteiger partial charge in [0.25, 0.3) is 0 Å². The zero-order valence-electron chi connectivity index (χ0n) is 16.4. The Kier molecular flexibility index (Phi) is 5.74. The lowest BCUT2D eigenvalue weighted by Crippen LogP contribution is -2.20. The Morgan fingerprint density at radius 3 is 2.54 bits per heavy atom. The molecule has 0 aliphatic rings. The van der Waals surface area contributed by atoms with Crippen molar-refractivity contribution in [1.29, 1.82) is 0 Å². The summed E-state index contributed by atoms with van der Waals surface area (Å²) >= 11 is 0. The maximum Gasteiger partial charge on any atom is 0.323 e. The van der Waals surface area contributed by atoms with E-state index in [4.69, 9.17) is 4.74 Å². The number of anilines is 3. The number of ether oxygens (including phenoxy) is 1.